The summed E-state index contributed by atoms with van der Waals surface area (Å²) in [5.41, 5.74) is 2.23. The molecule has 42 heavy (non-hydrogen) atoms. The number of hydrogen-bond acceptors (Lipinski definition) is 8. The lowest BCUT2D eigenvalue weighted by atomic mass is 10.1. The van der Waals surface area contributed by atoms with E-state index in [0.717, 1.165) is 34.4 Å². The van der Waals surface area contributed by atoms with E-state index in [4.69, 9.17) is 14.5 Å². The van der Waals surface area contributed by atoms with Gasteiger partial charge in [-0.15, -0.1) is 11.3 Å². The van der Waals surface area contributed by atoms with Crippen LogP contribution in [0.4, 0.5) is 0 Å². The zero-order valence-electron chi connectivity index (χ0n) is 25.5. The van der Waals surface area contributed by atoms with Gasteiger partial charge in [-0.1, -0.05) is 46.9 Å². The minimum Gasteiger partial charge on any atom is -0.473 e. The third-order valence-electron chi connectivity index (χ3n) is 5.59. The zero-order valence-corrected chi connectivity index (χ0v) is 27.1. The van der Waals surface area contributed by atoms with Crippen molar-refractivity contribution in [2.75, 3.05) is 7.05 Å². The number of carbonyl (C=O) groups excluding carboxylic acids is 1. The van der Waals surface area contributed by atoms with Crippen LogP contribution in [-0.2, 0) is 19.6 Å². The lowest BCUT2D eigenvalue weighted by Crippen LogP contribution is -2.35. The van der Waals surface area contributed by atoms with Crippen LogP contribution in [0.15, 0.2) is 41.8 Å². The van der Waals surface area contributed by atoms with Crippen molar-refractivity contribution in [3.05, 3.63) is 41.8 Å². The first kappa shape index (κ1) is 39.4. The van der Waals surface area contributed by atoms with E-state index < -0.39 is 10.0 Å². The Labute approximate surface area is 258 Å². The molecule has 238 valence electrons. The predicted molar refractivity (Wildman–Crippen MR) is 178 cm³/mol. The van der Waals surface area contributed by atoms with Crippen molar-refractivity contribution in [1.82, 2.24) is 14.3 Å². The number of para-hydroxylation sites is 2. The minimum absolute atomic E-state index is 0. The molecule has 8 nitrogen and oxygen atoms in total. The fourth-order valence-corrected chi connectivity index (χ4v) is 5.67. The second kappa shape index (κ2) is 16.9. The summed E-state index contributed by atoms with van der Waals surface area (Å²) in [6, 6.07) is 12.0. The summed E-state index contributed by atoms with van der Waals surface area (Å²) < 4.78 is 35.3. The maximum atomic E-state index is 11.5. The van der Waals surface area contributed by atoms with Crippen LogP contribution in [0.1, 0.15) is 90.0 Å². The molecule has 0 radical (unpaired) electrons. The molecule has 0 atom stereocenters. The Morgan fingerprint density at radius 2 is 1.50 bits per heavy atom. The average Bonchev–Trinajstić information content (AvgIpc) is 3.58. The standard InChI is InChI=1S/C15H14N2OS.C8H16O2.C7H15NO2S.2CH4/c1-10(2)18-15-14(13-8-5-9-19-13)16-11-6-3-4-7-12(11)17-15;1-6(2)7(9)10-8(3,4)5;1-6(2)8(3)11(9,10)7-4-5-7;;/h3-10H,1-2H3;6H,1-5H3;6-7H,4-5H2,1-3H3;2*1H4. The summed E-state index contributed by atoms with van der Waals surface area (Å²) in [6.45, 7) is 17.0. The first-order valence-corrected chi connectivity index (χ1v) is 16.1. The number of esters is 1. The Kier molecular flexibility index (Phi) is 15.9. The minimum atomic E-state index is -2.93. The number of fused-ring (bicyclic) bond motifs is 1. The number of benzene rings is 1. The summed E-state index contributed by atoms with van der Waals surface area (Å²) in [6.07, 6.45) is 1.77. The molecule has 1 fully saturated rings. The van der Waals surface area contributed by atoms with Gasteiger partial charge in [-0.05, 0) is 84.9 Å². The summed E-state index contributed by atoms with van der Waals surface area (Å²) >= 11 is 1.64. The van der Waals surface area contributed by atoms with Gasteiger partial charge in [0.25, 0.3) is 0 Å². The van der Waals surface area contributed by atoms with Crippen LogP contribution in [0, 0.1) is 5.92 Å². The first-order valence-electron chi connectivity index (χ1n) is 13.7. The van der Waals surface area contributed by atoms with E-state index in [1.165, 1.54) is 4.31 Å². The smallest absolute Gasteiger partial charge is 0.308 e. The van der Waals surface area contributed by atoms with Gasteiger partial charge in [0.1, 0.15) is 11.3 Å². The molecule has 2 heterocycles. The number of thiophene rings is 1. The highest BCUT2D eigenvalue weighted by atomic mass is 32.2. The predicted octanol–water partition coefficient (Wildman–Crippen LogP) is 8.22. The van der Waals surface area contributed by atoms with Crippen LogP contribution in [0.25, 0.3) is 21.6 Å². The molecule has 0 unspecified atom stereocenters. The van der Waals surface area contributed by atoms with Crippen LogP contribution in [-0.4, -0.2) is 58.7 Å². The summed E-state index contributed by atoms with van der Waals surface area (Å²) in [4.78, 5) is 21.3. The number of sulfonamides is 1. The van der Waals surface area contributed by atoms with E-state index >= 15 is 0 Å². The third kappa shape index (κ3) is 12.4. The lowest BCUT2D eigenvalue weighted by molar-refractivity contribution is -0.158. The Morgan fingerprint density at radius 3 is 1.88 bits per heavy atom. The number of aromatic nitrogens is 2. The highest BCUT2D eigenvalue weighted by molar-refractivity contribution is 7.90. The molecule has 0 spiro atoms. The SMILES string of the molecule is C.C.CC(C)C(=O)OC(C)(C)C.CC(C)N(C)S(=O)(=O)C1CC1.CC(C)Oc1nc2ccccc2nc1-c1cccs1. The fraction of sp³-hybridized carbons (Fsp3) is 0.594. The molecule has 0 aliphatic heterocycles. The Bertz CT molecular complexity index is 1330. The van der Waals surface area contributed by atoms with Crippen molar-refractivity contribution in [3.63, 3.8) is 0 Å². The topological polar surface area (TPSA) is 98.7 Å². The van der Waals surface area contributed by atoms with Crippen molar-refractivity contribution in [2.45, 2.75) is 113 Å². The van der Waals surface area contributed by atoms with Crippen LogP contribution in [0.5, 0.6) is 5.88 Å². The van der Waals surface area contributed by atoms with Gasteiger partial charge in [-0.25, -0.2) is 22.7 Å². The molecule has 2 aromatic heterocycles. The van der Waals surface area contributed by atoms with E-state index in [1.54, 1.807) is 18.4 Å². The molecule has 0 saturated heterocycles. The van der Waals surface area contributed by atoms with Gasteiger partial charge in [0.2, 0.25) is 15.9 Å². The molecule has 0 N–H and O–H groups in total. The average molecular weight is 624 g/mol. The molecular weight excluding hydrogens is 571 g/mol. The number of hydrogen-bond donors (Lipinski definition) is 0. The van der Waals surface area contributed by atoms with E-state index in [1.807, 2.05) is 104 Å². The highest BCUT2D eigenvalue weighted by Gasteiger charge is 2.39. The molecule has 1 aliphatic carbocycles. The summed E-state index contributed by atoms with van der Waals surface area (Å²) in [7, 11) is -1.28. The van der Waals surface area contributed by atoms with Crippen LogP contribution < -0.4 is 4.74 Å². The number of nitrogens with zero attached hydrogens (tertiary/aromatic N) is 3. The molecule has 1 aromatic carbocycles. The van der Waals surface area contributed by atoms with Crippen molar-refractivity contribution in [1.29, 1.82) is 0 Å². The van der Waals surface area contributed by atoms with Gasteiger partial charge < -0.3 is 9.47 Å². The number of rotatable bonds is 7. The summed E-state index contributed by atoms with van der Waals surface area (Å²) in [5.74, 6) is 0.447. The number of ether oxygens (including phenoxy) is 2. The normalized spacial score (nSPS) is 13.0. The van der Waals surface area contributed by atoms with Gasteiger partial charge >= 0.3 is 5.97 Å². The summed E-state index contributed by atoms with van der Waals surface area (Å²) in [5, 5.41) is 1.96. The second-order valence-electron chi connectivity index (χ2n) is 11.6. The third-order valence-corrected chi connectivity index (χ3v) is 9.01. The van der Waals surface area contributed by atoms with Crippen molar-refractivity contribution in [2.24, 2.45) is 5.92 Å². The van der Waals surface area contributed by atoms with Crippen molar-refractivity contribution >= 4 is 38.4 Å². The quantitative estimate of drug-likeness (QED) is 0.245. The van der Waals surface area contributed by atoms with Gasteiger partial charge in [-0.2, -0.15) is 0 Å². The van der Waals surface area contributed by atoms with Gasteiger partial charge in [0.15, 0.2) is 0 Å². The Balaban J connectivity index is 0.000000635. The van der Waals surface area contributed by atoms with E-state index in [0.29, 0.717) is 5.88 Å². The van der Waals surface area contributed by atoms with E-state index in [9.17, 15) is 13.2 Å². The molecule has 10 heteroatoms. The largest absolute Gasteiger partial charge is 0.473 e. The number of carbonyl (C=O) groups is 1. The molecular formula is C32H53N3O5S2. The highest BCUT2D eigenvalue weighted by Crippen LogP contribution is 2.32. The monoisotopic (exact) mass is 623 g/mol. The molecule has 1 saturated carbocycles. The van der Waals surface area contributed by atoms with Crippen LogP contribution >= 0.6 is 11.3 Å². The zero-order chi connectivity index (χ0) is 30.3. The van der Waals surface area contributed by atoms with Crippen molar-refractivity contribution < 1.29 is 22.7 Å². The first-order chi connectivity index (χ1) is 18.5. The van der Waals surface area contributed by atoms with Gasteiger partial charge in [-0.3, -0.25) is 4.79 Å². The van der Waals surface area contributed by atoms with Crippen LogP contribution in [0.2, 0.25) is 0 Å². The second-order valence-corrected chi connectivity index (χ2v) is 14.8. The maximum Gasteiger partial charge on any atom is 0.308 e. The van der Waals surface area contributed by atoms with E-state index in [2.05, 4.69) is 4.98 Å². The van der Waals surface area contributed by atoms with E-state index in [-0.39, 0.29) is 49.7 Å². The lowest BCUT2D eigenvalue weighted by Gasteiger charge is -2.20. The fourth-order valence-electron chi connectivity index (χ4n) is 3.18. The molecule has 0 bridgehead atoms. The Morgan fingerprint density at radius 1 is 0.952 bits per heavy atom. The van der Waals surface area contributed by atoms with Gasteiger partial charge in [0, 0.05) is 13.1 Å². The molecule has 0 amide bonds. The molecule has 4 rings (SSSR count). The molecule has 3 aromatic rings. The maximum absolute atomic E-state index is 11.5. The van der Waals surface area contributed by atoms with Gasteiger partial charge in [0.05, 0.1) is 33.2 Å². The van der Waals surface area contributed by atoms with Crippen LogP contribution in [0.3, 0.4) is 0 Å². The van der Waals surface area contributed by atoms with Crippen molar-refractivity contribution in [3.8, 4) is 16.5 Å². The Hall–Kier alpha value is -2.56. The molecule has 1 aliphatic rings.